The van der Waals surface area contributed by atoms with Gasteiger partial charge in [0.1, 0.15) is 17.6 Å². The SMILES string of the molecule is N=C(N)c1ccc(OCCCCN2CCN(C(Cc3cscn3)C(=O)O)C(=O)C2=O)cc1. The molecule has 2 aromatic rings. The van der Waals surface area contributed by atoms with Crippen molar-refractivity contribution in [2.45, 2.75) is 25.3 Å². The number of aliphatic carboxylic acids is 1. The number of rotatable bonds is 11. The van der Waals surface area contributed by atoms with Crippen LogP contribution in [0.1, 0.15) is 24.1 Å². The summed E-state index contributed by atoms with van der Waals surface area (Å²) in [5.74, 6) is -1.97. The van der Waals surface area contributed by atoms with Crippen LogP contribution in [0.3, 0.4) is 0 Å². The molecular formula is C21H25N5O5S. The van der Waals surface area contributed by atoms with E-state index in [2.05, 4.69) is 4.98 Å². The van der Waals surface area contributed by atoms with Crippen molar-refractivity contribution in [1.82, 2.24) is 14.8 Å². The Hall–Kier alpha value is -3.47. The minimum absolute atomic E-state index is 0.00586. The van der Waals surface area contributed by atoms with Gasteiger partial charge in [0.25, 0.3) is 0 Å². The third kappa shape index (κ3) is 5.82. The fourth-order valence-corrected chi connectivity index (χ4v) is 3.96. The Balaban J connectivity index is 1.44. The molecule has 1 unspecified atom stereocenters. The molecule has 2 amide bonds. The van der Waals surface area contributed by atoms with Crippen molar-refractivity contribution in [2.24, 2.45) is 5.73 Å². The summed E-state index contributed by atoms with van der Waals surface area (Å²) < 4.78 is 5.64. The highest BCUT2D eigenvalue weighted by atomic mass is 32.1. The van der Waals surface area contributed by atoms with Crippen molar-refractivity contribution in [3.63, 3.8) is 0 Å². The highest BCUT2D eigenvalue weighted by molar-refractivity contribution is 7.07. The van der Waals surface area contributed by atoms with Crippen LogP contribution in [-0.4, -0.2) is 75.8 Å². The number of nitrogens with one attached hydrogen (secondary N) is 1. The number of ether oxygens (including phenoxy) is 1. The lowest BCUT2D eigenvalue weighted by atomic mass is 10.1. The third-order valence-corrected chi connectivity index (χ3v) is 5.78. The smallest absolute Gasteiger partial charge is 0.326 e. The molecule has 1 aliphatic heterocycles. The summed E-state index contributed by atoms with van der Waals surface area (Å²) in [5.41, 5.74) is 8.22. The monoisotopic (exact) mass is 459 g/mol. The van der Waals surface area contributed by atoms with Gasteiger partial charge in [-0.25, -0.2) is 9.78 Å². The molecule has 1 aliphatic rings. The first-order chi connectivity index (χ1) is 15.4. The van der Waals surface area contributed by atoms with Gasteiger partial charge in [0.15, 0.2) is 0 Å². The molecule has 4 N–H and O–H groups in total. The molecule has 1 aromatic carbocycles. The van der Waals surface area contributed by atoms with Crippen molar-refractivity contribution >= 4 is 35.0 Å². The molecule has 0 bridgehead atoms. The number of thiazole rings is 1. The average molecular weight is 460 g/mol. The Morgan fingerprint density at radius 1 is 1.22 bits per heavy atom. The van der Waals surface area contributed by atoms with Crippen LogP contribution < -0.4 is 10.5 Å². The van der Waals surface area contributed by atoms with E-state index in [0.29, 0.717) is 49.5 Å². The predicted octanol–water partition coefficient (Wildman–Crippen LogP) is 0.953. The predicted molar refractivity (Wildman–Crippen MR) is 118 cm³/mol. The first-order valence-corrected chi connectivity index (χ1v) is 11.1. The molecule has 1 atom stereocenters. The number of hydrogen-bond donors (Lipinski definition) is 3. The highest BCUT2D eigenvalue weighted by Crippen LogP contribution is 2.16. The largest absolute Gasteiger partial charge is 0.494 e. The second kappa shape index (κ2) is 10.7. The normalized spacial score (nSPS) is 15.0. The molecule has 11 heteroatoms. The first kappa shape index (κ1) is 23.2. The van der Waals surface area contributed by atoms with E-state index in [9.17, 15) is 19.5 Å². The Bertz CT molecular complexity index is 963. The molecule has 0 spiro atoms. The van der Waals surface area contributed by atoms with Gasteiger partial charge in [-0.15, -0.1) is 11.3 Å². The van der Waals surface area contributed by atoms with Gasteiger partial charge >= 0.3 is 17.8 Å². The van der Waals surface area contributed by atoms with Gasteiger partial charge in [0.05, 0.1) is 17.8 Å². The fourth-order valence-electron chi connectivity index (χ4n) is 3.39. The Morgan fingerprint density at radius 3 is 2.59 bits per heavy atom. The molecule has 0 radical (unpaired) electrons. The first-order valence-electron chi connectivity index (χ1n) is 10.1. The van der Waals surface area contributed by atoms with Gasteiger partial charge in [0, 0.05) is 37.0 Å². The minimum atomic E-state index is -1.15. The zero-order valence-electron chi connectivity index (χ0n) is 17.4. The quantitative estimate of drug-likeness (QED) is 0.196. The van der Waals surface area contributed by atoms with E-state index in [1.807, 2.05) is 0 Å². The number of nitrogens with zero attached hydrogens (tertiary/aromatic N) is 3. The Kier molecular flexibility index (Phi) is 7.77. The van der Waals surface area contributed by atoms with Crippen molar-refractivity contribution < 1.29 is 24.2 Å². The lowest BCUT2D eigenvalue weighted by Gasteiger charge is -2.36. The zero-order valence-corrected chi connectivity index (χ0v) is 18.2. The van der Waals surface area contributed by atoms with E-state index in [4.69, 9.17) is 15.9 Å². The molecule has 170 valence electrons. The maximum atomic E-state index is 12.6. The fraction of sp³-hybridized carbons (Fsp3) is 0.381. The molecule has 1 fully saturated rings. The number of amides is 2. The topological polar surface area (TPSA) is 150 Å². The van der Waals surface area contributed by atoms with Crippen LogP contribution in [0.25, 0.3) is 0 Å². The third-order valence-electron chi connectivity index (χ3n) is 5.15. The van der Waals surface area contributed by atoms with Gasteiger partial charge in [-0.3, -0.25) is 15.0 Å². The number of unbranched alkanes of at least 4 members (excludes halogenated alkanes) is 1. The van der Waals surface area contributed by atoms with Gasteiger partial charge in [-0.1, -0.05) is 0 Å². The minimum Gasteiger partial charge on any atom is -0.494 e. The second-order valence-electron chi connectivity index (χ2n) is 7.32. The number of carboxylic acid groups (broad SMARTS) is 1. The molecule has 3 rings (SSSR count). The van der Waals surface area contributed by atoms with E-state index < -0.39 is 23.8 Å². The van der Waals surface area contributed by atoms with Crippen LogP contribution in [0.4, 0.5) is 0 Å². The number of amidine groups is 1. The molecule has 1 aromatic heterocycles. The van der Waals surface area contributed by atoms with E-state index in [1.54, 1.807) is 35.2 Å². The van der Waals surface area contributed by atoms with Crippen molar-refractivity contribution in [3.05, 3.63) is 46.4 Å². The summed E-state index contributed by atoms with van der Waals surface area (Å²) in [4.78, 5) is 43.4. The van der Waals surface area contributed by atoms with E-state index in [1.165, 1.54) is 16.2 Å². The van der Waals surface area contributed by atoms with E-state index in [-0.39, 0.29) is 18.8 Å². The van der Waals surface area contributed by atoms with E-state index in [0.717, 1.165) is 4.90 Å². The Morgan fingerprint density at radius 2 is 1.97 bits per heavy atom. The molecule has 1 saturated heterocycles. The van der Waals surface area contributed by atoms with Crippen LogP contribution in [-0.2, 0) is 20.8 Å². The van der Waals surface area contributed by atoms with Crippen LogP contribution in [0.15, 0.2) is 35.2 Å². The number of nitrogens with two attached hydrogens (primary N) is 1. The summed E-state index contributed by atoms with van der Waals surface area (Å²) in [6, 6.07) is 5.78. The molecular weight excluding hydrogens is 434 g/mol. The van der Waals surface area contributed by atoms with E-state index >= 15 is 0 Å². The summed E-state index contributed by atoms with van der Waals surface area (Å²) in [7, 11) is 0. The van der Waals surface area contributed by atoms with Crippen LogP contribution >= 0.6 is 11.3 Å². The maximum Gasteiger partial charge on any atom is 0.326 e. The van der Waals surface area contributed by atoms with Gasteiger partial charge in [-0.2, -0.15) is 0 Å². The number of nitrogen functional groups attached to an aromatic ring is 1. The molecule has 32 heavy (non-hydrogen) atoms. The van der Waals surface area contributed by atoms with Crippen LogP contribution in [0, 0.1) is 5.41 Å². The van der Waals surface area contributed by atoms with Crippen molar-refractivity contribution in [2.75, 3.05) is 26.2 Å². The maximum absolute atomic E-state index is 12.6. The summed E-state index contributed by atoms with van der Waals surface area (Å²) in [6.07, 6.45) is 1.39. The van der Waals surface area contributed by atoms with Crippen molar-refractivity contribution in [3.8, 4) is 5.75 Å². The second-order valence-corrected chi connectivity index (χ2v) is 8.04. The number of hydrogen-bond acceptors (Lipinski definition) is 7. The van der Waals surface area contributed by atoms with Crippen LogP contribution in [0.2, 0.25) is 0 Å². The van der Waals surface area contributed by atoms with Crippen LogP contribution in [0.5, 0.6) is 5.75 Å². The highest BCUT2D eigenvalue weighted by Gasteiger charge is 2.39. The lowest BCUT2D eigenvalue weighted by molar-refractivity contribution is -0.162. The van der Waals surface area contributed by atoms with Crippen molar-refractivity contribution in [1.29, 1.82) is 5.41 Å². The van der Waals surface area contributed by atoms with Gasteiger partial charge in [0.2, 0.25) is 0 Å². The number of carboxylic acids is 1. The zero-order chi connectivity index (χ0) is 23.1. The molecule has 10 nitrogen and oxygen atoms in total. The molecule has 0 saturated carbocycles. The standard InChI is InChI=1S/C21H25N5O5S/c22-18(23)14-3-5-16(6-4-14)31-10-2-1-7-25-8-9-26(20(28)19(25)27)17(21(29)30)11-15-12-32-13-24-15/h3-6,12-13,17H,1-2,7-11H2,(H3,22,23)(H,29,30). The number of aromatic nitrogens is 1. The summed E-state index contributed by atoms with van der Waals surface area (Å²) in [6.45, 7) is 1.30. The number of carbonyl (C=O) groups is 3. The number of piperazine rings is 1. The summed E-state index contributed by atoms with van der Waals surface area (Å²) >= 11 is 1.35. The molecule has 0 aliphatic carbocycles. The van der Waals surface area contributed by atoms with Gasteiger partial charge in [-0.05, 0) is 37.1 Å². The van der Waals surface area contributed by atoms with Gasteiger partial charge < -0.3 is 25.4 Å². The lowest BCUT2D eigenvalue weighted by Crippen LogP contribution is -2.59. The molecule has 2 heterocycles. The average Bonchev–Trinajstić information content (AvgIpc) is 3.28. The Labute approximate surface area is 189 Å². The number of carbonyl (C=O) groups excluding carboxylic acids is 2. The number of benzene rings is 1. The summed E-state index contributed by atoms with van der Waals surface area (Å²) in [5, 5.41) is 18.7.